The zero-order chi connectivity index (χ0) is 23.7. The van der Waals surface area contributed by atoms with Gasteiger partial charge in [-0.3, -0.25) is 9.59 Å². The molecule has 2 aromatic carbocycles. The number of nitrogens with zero attached hydrogens (tertiary/aromatic N) is 1. The largest absolute Gasteiger partial charge is 0.483 e. The van der Waals surface area contributed by atoms with Crippen LogP contribution in [-0.2, 0) is 21.5 Å². The number of hydrogen-bond acceptors (Lipinski definition) is 3. The van der Waals surface area contributed by atoms with Crippen LogP contribution < -0.4 is 10.1 Å². The van der Waals surface area contributed by atoms with Gasteiger partial charge in [0.1, 0.15) is 11.8 Å². The molecule has 6 heteroatoms. The molecule has 174 valence electrons. The predicted molar refractivity (Wildman–Crippen MR) is 130 cm³/mol. The van der Waals surface area contributed by atoms with Crippen LogP contribution in [0.2, 0.25) is 5.02 Å². The second kappa shape index (κ2) is 11.9. The van der Waals surface area contributed by atoms with Crippen molar-refractivity contribution in [1.29, 1.82) is 0 Å². The summed E-state index contributed by atoms with van der Waals surface area (Å²) < 4.78 is 5.95. The number of rotatable bonds is 10. The molecule has 0 heterocycles. The van der Waals surface area contributed by atoms with E-state index in [9.17, 15) is 9.59 Å². The standard InChI is InChI=1S/C26H35ClN2O3/c1-6-7-16-28-25(31)19(2)29(17-20-12-14-21(27)15-13-20)24(30)18-32-23-11-9-8-10-22(23)26(3,4)5/h8-15,19H,6-7,16-18H2,1-5H3,(H,28,31)/t19-/m0/s1. The number of carbonyl (C=O) groups excluding carboxylic acids is 2. The fourth-order valence-electron chi connectivity index (χ4n) is 3.34. The molecular weight excluding hydrogens is 424 g/mol. The van der Waals surface area contributed by atoms with E-state index in [-0.39, 0.29) is 23.8 Å². The van der Waals surface area contributed by atoms with Crippen molar-refractivity contribution in [1.82, 2.24) is 10.2 Å². The summed E-state index contributed by atoms with van der Waals surface area (Å²) in [5.74, 6) is 0.262. The van der Waals surface area contributed by atoms with E-state index >= 15 is 0 Å². The van der Waals surface area contributed by atoms with Crippen LogP contribution in [0.3, 0.4) is 0 Å². The number of nitrogens with one attached hydrogen (secondary N) is 1. The van der Waals surface area contributed by atoms with E-state index in [2.05, 4.69) is 33.0 Å². The number of unbranched alkanes of at least 4 members (excludes halogenated alkanes) is 1. The van der Waals surface area contributed by atoms with Crippen molar-refractivity contribution < 1.29 is 14.3 Å². The van der Waals surface area contributed by atoms with Gasteiger partial charge in [-0.2, -0.15) is 0 Å². The summed E-state index contributed by atoms with van der Waals surface area (Å²) in [5.41, 5.74) is 1.81. The minimum absolute atomic E-state index is 0.116. The molecule has 2 aromatic rings. The Morgan fingerprint density at radius 2 is 1.75 bits per heavy atom. The van der Waals surface area contributed by atoms with Crippen LogP contribution in [0.5, 0.6) is 5.75 Å². The van der Waals surface area contributed by atoms with Gasteiger partial charge in [-0.15, -0.1) is 0 Å². The van der Waals surface area contributed by atoms with Crippen LogP contribution >= 0.6 is 11.6 Å². The predicted octanol–water partition coefficient (Wildman–Crippen LogP) is 5.35. The maximum Gasteiger partial charge on any atom is 0.261 e. The molecule has 0 unspecified atom stereocenters. The first-order valence-corrected chi connectivity index (χ1v) is 11.5. The number of para-hydroxylation sites is 1. The smallest absolute Gasteiger partial charge is 0.261 e. The first kappa shape index (κ1) is 25.7. The molecule has 0 saturated carbocycles. The van der Waals surface area contributed by atoms with Gasteiger partial charge < -0.3 is 15.0 Å². The van der Waals surface area contributed by atoms with Gasteiger partial charge in [0.05, 0.1) is 0 Å². The summed E-state index contributed by atoms with van der Waals surface area (Å²) in [6, 6.07) is 14.4. The summed E-state index contributed by atoms with van der Waals surface area (Å²) in [4.78, 5) is 27.5. The fraction of sp³-hybridized carbons (Fsp3) is 0.462. The Morgan fingerprint density at radius 3 is 2.38 bits per heavy atom. The Balaban J connectivity index is 2.18. The fourth-order valence-corrected chi connectivity index (χ4v) is 3.47. The Bertz CT molecular complexity index is 891. The highest BCUT2D eigenvalue weighted by atomic mass is 35.5. The molecule has 2 rings (SSSR count). The van der Waals surface area contributed by atoms with E-state index in [4.69, 9.17) is 16.3 Å². The maximum atomic E-state index is 13.2. The number of carbonyl (C=O) groups is 2. The van der Waals surface area contributed by atoms with Gasteiger partial charge in [-0.05, 0) is 48.1 Å². The third-order valence-corrected chi connectivity index (χ3v) is 5.56. The number of ether oxygens (including phenoxy) is 1. The van der Waals surface area contributed by atoms with Crippen LogP contribution in [0.4, 0.5) is 0 Å². The lowest BCUT2D eigenvalue weighted by Crippen LogP contribution is -2.49. The average Bonchev–Trinajstić information content (AvgIpc) is 2.76. The van der Waals surface area contributed by atoms with E-state index in [0.29, 0.717) is 23.9 Å². The van der Waals surface area contributed by atoms with Crippen LogP contribution in [-0.4, -0.2) is 35.9 Å². The summed E-state index contributed by atoms with van der Waals surface area (Å²) in [7, 11) is 0. The third-order valence-electron chi connectivity index (χ3n) is 5.31. The molecule has 0 fully saturated rings. The van der Waals surface area contributed by atoms with Gasteiger partial charge in [0, 0.05) is 18.1 Å². The number of hydrogen-bond donors (Lipinski definition) is 1. The lowest BCUT2D eigenvalue weighted by molar-refractivity contribution is -0.142. The number of benzene rings is 2. The Hall–Kier alpha value is -2.53. The van der Waals surface area contributed by atoms with Crippen molar-refractivity contribution in [2.24, 2.45) is 0 Å². The van der Waals surface area contributed by atoms with Crippen LogP contribution in [0, 0.1) is 0 Å². The second-order valence-corrected chi connectivity index (χ2v) is 9.44. The molecule has 0 aromatic heterocycles. The normalized spacial score (nSPS) is 12.2. The summed E-state index contributed by atoms with van der Waals surface area (Å²) >= 11 is 6.00. The second-order valence-electron chi connectivity index (χ2n) is 9.00. The molecular formula is C26H35ClN2O3. The van der Waals surface area contributed by atoms with Gasteiger partial charge in [-0.1, -0.05) is 76.0 Å². The van der Waals surface area contributed by atoms with Crippen LogP contribution in [0.25, 0.3) is 0 Å². The SMILES string of the molecule is CCCCNC(=O)[C@H](C)N(Cc1ccc(Cl)cc1)C(=O)COc1ccccc1C(C)(C)C. The van der Waals surface area contributed by atoms with Crippen molar-refractivity contribution in [2.45, 2.75) is 65.5 Å². The molecule has 0 aliphatic carbocycles. The minimum Gasteiger partial charge on any atom is -0.483 e. The van der Waals surface area contributed by atoms with Crippen LogP contribution in [0.15, 0.2) is 48.5 Å². The van der Waals surface area contributed by atoms with Gasteiger partial charge in [0.15, 0.2) is 6.61 Å². The van der Waals surface area contributed by atoms with Crippen molar-refractivity contribution in [3.8, 4) is 5.75 Å². The van der Waals surface area contributed by atoms with E-state index in [1.807, 2.05) is 36.4 Å². The van der Waals surface area contributed by atoms with Crippen molar-refractivity contribution in [3.63, 3.8) is 0 Å². The first-order chi connectivity index (χ1) is 15.1. The zero-order valence-corrected chi connectivity index (χ0v) is 20.5. The highest BCUT2D eigenvalue weighted by molar-refractivity contribution is 6.30. The van der Waals surface area contributed by atoms with Crippen molar-refractivity contribution >= 4 is 23.4 Å². The molecule has 32 heavy (non-hydrogen) atoms. The van der Waals surface area contributed by atoms with E-state index in [0.717, 1.165) is 24.0 Å². The van der Waals surface area contributed by atoms with Crippen LogP contribution in [0.1, 0.15) is 58.6 Å². The summed E-state index contributed by atoms with van der Waals surface area (Å²) in [6.45, 7) is 10.9. The molecule has 0 radical (unpaired) electrons. The van der Waals surface area contributed by atoms with E-state index in [1.165, 1.54) is 0 Å². The van der Waals surface area contributed by atoms with Gasteiger partial charge in [0.25, 0.3) is 5.91 Å². The lowest BCUT2D eigenvalue weighted by Gasteiger charge is -2.29. The Morgan fingerprint density at radius 1 is 1.09 bits per heavy atom. The van der Waals surface area contributed by atoms with Crippen molar-refractivity contribution in [2.75, 3.05) is 13.2 Å². The maximum absolute atomic E-state index is 13.2. The molecule has 2 amide bonds. The molecule has 0 saturated heterocycles. The Labute approximate surface area is 197 Å². The average molecular weight is 459 g/mol. The first-order valence-electron chi connectivity index (χ1n) is 11.2. The molecule has 0 aliphatic rings. The van der Waals surface area contributed by atoms with Gasteiger partial charge in [-0.25, -0.2) is 0 Å². The molecule has 1 atom stereocenters. The Kier molecular flexibility index (Phi) is 9.58. The van der Waals surface area contributed by atoms with E-state index < -0.39 is 6.04 Å². The molecule has 0 spiro atoms. The monoisotopic (exact) mass is 458 g/mol. The number of halogens is 1. The highest BCUT2D eigenvalue weighted by Gasteiger charge is 2.27. The minimum atomic E-state index is -0.628. The quantitative estimate of drug-likeness (QED) is 0.488. The zero-order valence-electron chi connectivity index (χ0n) is 19.8. The van der Waals surface area contributed by atoms with Gasteiger partial charge >= 0.3 is 0 Å². The third kappa shape index (κ3) is 7.56. The summed E-state index contributed by atoms with van der Waals surface area (Å²) in [5, 5.41) is 3.55. The van der Waals surface area contributed by atoms with E-state index in [1.54, 1.807) is 24.0 Å². The van der Waals surface area contributed by atoms with Crippen molar-refractivity contribution in [3.05, 3.63) is 64.7 Å². The topological polar surface area (TPSA) is 58.6 Å². The summed E-state index contributed by atoms with van der Waals surface area (Å²) in [6.07, 6.45) is 1.89. The van der Waals surface area contributed by atoms with Gasteiger partial charge in [0.2, 0.25) is 5.91 Å². The molecule has 0 aliphatic heterocycles. The molecule has 5 nitrogen and oxygen atoms in total. The highest BCUT2D eigenvalue weighted by Crippen LogP contribution is 2.31. The molecule has 1 N–H and O–H groups in total. The number of amides is 2. The lowest BCUT2D eigenvalue weighted by atomic mass is 9.86. The molecule has 0 bridgehead atoms.